The average Bonchev–Trinajstić information content (AvgIpc) is 2.61. The third-order valence-corrected chi connectivity index (χ3v) is 3.77. The molecule has 0 saturated carbocycles. The number of rotatable bonds is 2. The molecule has 2 aromatic carbocycles. The zero-order valence-corrected chi connectivity index (χ0v) is 13.8. The molecule has 0 radical (unpaired) electrons. The van der Waals surface area contributed by atoms with Crippen molar-refractivity contribution in [3.63, 3.8) is 0 Å². The van der Waals surface area contributed by atoms with Crippen molar-refractivity contribution >= 4 is 27.7 Å². The van der Waals surface area contributed by atoms with Crippen molar-refractivity contribution in [3.05, 3.63) is 58.3 Å². The monoisotopic (exact) mass is 394 g/mol. The van der Waals surface area contributed by atoms with E-state index in [1.807, 2.05) is 0 Å². The van der Waals surface area contributed by atoms with Crippen molar-refractivity contribution in [2.75, 3.05) is 6.61 Å². The number of fused-ring (bicyclic) bond motifs is 1. The highest BCUT2D eigenvalue weighted by Gasteiger charge is 2.27. The number of benzene rings is 2. The summed E-state index contributed by atoms with van der Waals surface area (Å²) >= 11 is 3.15. The molecule has 1 heterocycles. The Kier molecular flexibility index (Phi) is 4.66. The molecule has 0 spiro atoms. The second-order valence-corrected chi connectivity index (χ2v) is 5.85. The van der Waals surface area contributed by atoms with Gasteiger partial charge in [-0.05, 0) is 30.3 Å². The van der Waals surface area contributed by atoms with E-state index in [0.717, 1.165) is 6.07 Å². The molecule has 6 nitrogen and oxygen atoms in total. The van der Waals surface area contributed by atoms with Crippen LogP contribution in [0.25, 0.3) is 0 Å². The van der Waals surface area contributed by atoms with Gasteiger partial charge in [0, 0.05) is 4.47 Å². The lowest BCUT2D eigenvalue weighted by molar-refractivity contribution is -0.131. The van der Waals surface area contributed by atoms with Crippen LogP contribution in [0.2, 0.25) is 0 Å². The van der Waals surface area contributed by atoms with Gasteiger partial charge in [0.2, 0.25) is 6.10 Å². The summed E-state index contributed by atoms with van der Waals surface area (Å²) in [5.41, 5.74) is 4.16. The number of para-hydroxylation sites is 2. The van der Waals surface area contributed by atoms with Crippen molar-refractivity contribution in [1.29, 1.82) is 0 Å². The number of hydrogen-bond acceptors (Lipinski definition) is 4. The Morgan fingerprint density at radius 1 is 1.12 bits per heavy atom. The van der Waals surface area contributed by atoms with Crippen molar-refractivity contribution in [2.24, 2.45) is 0 Å². The molecule has 0 aliphatic carbocycles. The van der Waals surface area contributed by atoms with Crippen LogP contribution in [0.3, 0.4) is 0 Å². The Hall–Kier alpha value is -2.61. The normalized spacial score (nSPS) is 15.5. The Balaban J connectivity index is 1.60. The van der Waals surface area contributed by atoms with Crippen LogP contribution in [0, 0.1) is 5.82 Å². The van der Waals surface area contributed by atoms with Gasteiger partial charge >= 0.3 is 0 Å². The van der Waals surface area contributed by atoms with Crippen LogP contribution >= 0.6 is 15.9 Å². The first-order valence-electron chi connectivity index (χ1n) is 6.98. The van der Waals surface area contributed by atoms with Gasteiger partial charge in [-0.15, -0.1) is 0 Å². The highest BCUT2D eigenvalue weighted by atomic mass is 79.9. The SMILES string of the molecule is O=C(NNC(=O)C1COc2ccccc2O1)c1cc(Br)ccc1F. The molecular formula is C16H12BrFN2O4. The lowest BCUT2D eigenvalue weighted by Crippen LogP contribution is -2.51. The molecule has 1 aliphatic rings. The third kappa shape index (κ3) is 3.48. The number of nitrogens with one attached hydrogen (secondary N) is 2. The maximum atomic E-state index is 13.6. The molecule has 0 aromatic heterocycles. The summed E-state index contributed by atoms with van der Waals surface area (Å²) in [6, 6.07) is 10.9. The fourth-order valence-electron chi connectivity index (χ4n) is 2.09. The van der Waals surface area contributed by atoms with Gasteiger partial charge in [-0.1, -0.05) is 28.1 Å². The number of ether oxygens (including phenoxy) is 2. The molecule has 3 rings (SSSR count). The Bertz CT molecular complexity index is 799. The number of carbonyl (C=O) groups excluding carboxylic acids is 2. The Labute approximate surface area is 145 Å². The fraction of sp³-hybridized carbons (Fsp3) is 0.125. The van der Waals surface area contributed by atoms with Crippen molar-refractivity contribution in [2.45, 2.75) is 6.10 Å². The topological polar surface area (TPSA) is 76.7 Å². The number of amides is 2. The van der Waals surface area contributed by atoms with Crippen LogP contribution in [0.1, 0.15) is 10.4 Å². The van der Waals surface area contributed by atoms with Gasteiger partial charge < -0.3 is 9.47 Å². The molecule has 8 heteroatoms. The number of hydrogen-bond donors (Lipinski definition) is 2. The summed E-state index contributed by atoms with van der Waals surface area (Å²) in [5, 5.41) is 0. The van der Waals surface area contributed by atoms with Crippen LogP contribution in [-0.2, 0) is 4.79 Å². The number of hydrazine groups is 1. The minimum Gasteiger partial charge on any atom is -0.485 e. The van der Waals surface area contributed by atoms with Crippen LogP contribution < -0.4 is 20.3 Å². The third-order valence-electron chi connectivity index (χ3n) is 3.27. The lowest BCUT2D eigenvalue weighted by atomic mass is 10.2. The number of halogens is 2. The van der Waals surface area contributed by atoms with Crippen molar-refractivity contribution < 1.29 is 23.5 Å². The zero-order chi connectivity index (χ0) is 17.1. The standard InChI is InChI=1S/C16H12BrFN2O4/c17-9-5-6-11(18)10(7-9)15(21)19-20-16(22)14-8-23-12-3-1-2-4-13(12)24-14/h1-7,14H,8H2,(H,19,21)(H,20,22). The molecule has 0 bridgehead atoms. The molecule has 2 N–H and O–H groups in total. The van der Waals surface area contributed by atoms with Crippen molar-refractivity contribution in [1.82, 2.24) is 10.9 Å². The molecule has 1 unspecified atom stereocenters. The van der Waals surface area contributed by atoms with E-state index in [2.05, 4.69) is 26.8 Å². The van der Waals surface area contributed by atoms with Gasteiger partial charge in [0.25, 0.3) is 11.8 Å². The molecule has 2 amide bonds. The van der Waals surface area contributed by atoms with Crippen LogP contribution in [0.5, 0.6) is 11.5 Å². The quantitative estimate of drug-likeness (QED) is 0.765. The van der Waals surface area contributed by atoms with E-state index in [4.69, 9.17) is 9.47 Å². The average molecular weight is 395 g/mol. The minimum atomic E-state index is -0.924. The van der Waals surface area contributed by atoms with E-state index in [1.165, 1.54) is 12.1 Å². The van der Waals surface area contributed by atoms with E-state index >= 15 is 0 Å². The van der Waals surface area contributed by atoms with E-state index in [0.29, 0.717) is 16.0 Å². The molecule has 0 fully saturated rings. The highest BCUT2D eigenvalue weighted by Crippen LogP contribution is 2.30. The smallest absolute Gasteiger partial charge is 0.283 e. The van der Waals surface area contributed by atoms with Crippen LogP contribution in [-0.4, -0.2) is 24.5 Å². The van der Waals surface area contributed by atoms with Gasteiger partial charge in [0.15, 0.2) is 11.5 Å². The van der Waals surface area contributed by atoms with E-state index in [1.54, 1.807) is 24.3 Å². The summed E-state index contributed by atoms with van der Waals surface area (Å²) in [4.78, 5) is 24.0. The molecule has 2 aromatic rings. The molecule has 124 valence electrons. The first-order chi connectivity index (χ1) is 11.5. The van der Waals surface area contributed by atoms with Gasteiger partial charge in [-0.3, -0.25) is 20.4 Å². The van der Waals surface area contributed by atoms with Gasteiger partial charge in [-0.2, -0.15) is 0 Å². The Morgan fingerprint density at radius 3 is 2.67 bits per heavy atom. The van der Waals surface area contributed by atoms with Gasteiger partial charge in [-0.25, -0.2) is 4.39 Å². The zero-order valence-electron chi connectivity index (χ0n) is 12.2. The molecule has 1 aliphatic heterocycles. The predicted molar refractivity (Wildman–Crippen MR) is 86.1 cm³/mol. The number of carbonyl (C=O) groups is 2. The first-order valence-corrected chi connectivity index (χ1v) is 7.77. The molecule has 0 saturated heterocycles. The maximum Gasteiger partial charge on any atom is 0.283 e. The minimum absolute atomic E-state index is 0.00393. The van der Waals surface area contributed by atoms with Crippen molar-refractivity contribution in [3.8, 4) is 11.5 Å². The highest BCUT2D eigenvalue weighted by molar-refractivity contribution is 9.10. The van der Waals surface area contributed by atoms with E-state index in [9.17, 15) is 14.0 Å². The first kappa shape index (κ1) is 16.3. The molecule has 1 atom stereocenters. The van der Waals surface area contributed by atoms with E-state index < -0.39 is 23.7 Å². The van der Waals surface area contributed by atoms with Crippen LogP contribution in [0.4, 0.5) is 4.39 Å². The second kappa shape index (κ2) is 6.88. The van der Waals surface area contributed by atoms with Gasteiger partial charge in [0.05, 0.1) is 5.56 Å². The lowest BCUT2D eigenvalue weighted by Gasteiger charge is -2.25. The fourth-order valence-corrected chi connectivity index (χ4v) is 2.45. The maximum absolute atomic E-state index is 13.6. The molecule has 24 heavy (non-hydrogen) atoms. The largest absolute Gasteiger partial charge is 0.485 e. The second-order valence-electron chi connectivity index (χ2n) is 4.93. The van der Waals surface area contributed by atoms with E-state index in [-0.39, 0.29) is 12.2 Å². The summed E-state index contributed by atoms with van der Waals surface area (Å²) in [6.45, 7) is 0.00393. The summed E-state index contributed by atoms with van der Waals surface area (Å²) in [7, 11) is 0. The summed E-state index contributed by atoms with van der Waals surface area (Å²) < 4.78 is 25.1. The Morgan fingerprint density at radius 2 is 1.88 bits per heavy atom. The molecular weight excluding hydrogens is 383 g/mol. The summed E-state index contributed by atoms with van der Waals surface area (Å²) in [6.07, 6.45) is -0.924. The predicted octanol–water partition coefficient (Wildman–Crippen LogP) is 2.19. The van der Waals surface area contributed by atoms with Gasteiger partial charge in [0.1, 0.15) is 12.4 Å². The van der Waals surface area contributed by atoms with Crippen LogP contribution in [0.15, 0.2) is 46.9 Å². The summed E-state index contributed by atoms with van der Waals surface area (Å²) in [5.74, 6) is -1.10.